The maximum Gasteiger partial charge on any atom is 0.200 e. The molecule has 21 heavy (non-hydrogen) atoms. The quantitative estimate of drug-likeness (QED) is 0.654. The zero-order chi connectivity index (χ0) is 15.6. The normalized spacial score (nSPS) is 10.8. The van der Waals surface area contributed by atoms with Crippen LogP contribution in [0.15, 0.2) is 24.3 Å². The Morgan fingerprint density at radius 3 is 2.19 bits per heavy atom. The highest BCUT2D eigenvalue weighted by Gasteiger charge is 2.10. The van der Waals surface area contributed by atoms with E-state index < -0.39 is 5.75 Å². The molecular weight excluding hydrogens is 273 g/mol. The van der Waals surface area contributed by atoms with Gasteiger partial charge in [-0.3, -0.25) is 0 Å². The molecule has 0 aromatic heterocycles. The number of aryl methyl sites for hydroxylation is 2. The summed E-state index contributed by atoms with van der Waals surface area (Å²) in [4.78, 5) is 0. The zero-order valence-electron chi connectivity index (χ0n) is 11.9. The molecule has 0 heterocycles. The molecule has 0 fully saturated rings. The van der Waals surface area contributed by atoms with E-state index in [0.29, 0.717) is 29.8 Å². The molecule has 0 amide bonds. The molecule has 0 bridgehead atoms. The maximum absolute atomic E-state index is 13.5. The number of phenolic OH excluding ortho intramolecular Hbond substituents is 3. The van der Waals surface area contributed by atoms with Crippen LogP contribution in [0.5, 0.6) is 17.2 Å². The molecule has 112 valence electrons. The second kappa shape index (κ2) is 6.01. The van der Waals surface area contributed by atoms with Gasteiger partial charge in [-0.1, -0.05) is 18.2 Å². The second-order valence-corrected chi connectivity index (χ2v) is 5.09. The average molecular weight is 291 g/mol. The molecule has 0 spiro atoms. The number of aromatic hydroxyl groups is 3. The van der Waals surface area contributed by atoms with E-state index in [1.807, 2.05) is 0 Å². The monoisotopic (exact) mass is 291 g/mol. The first-order valence-corrected chi connectivity index (χ1v) is 6.59. The topological polar surface area (TPSA) is 72.7 Å². The van der Waals surface area contributed by atoms with Crippen molar-refractivity contribution < 1.29 is 19.7 Å². The molecule has 0 aliphatic carbocycles. The van der Waals surface area contributed by atoms with Gasteiger partial charge in [-0.25, -0.2) is 4.39 Å². The van der Waals surface area contributed by atoms with Gasteiger partial charge in [-0.05, 0) is 36.6 Å². The average Bonchev–Trinajstić information content (AvgIpc) is 2.44. The summed E-state index contributed by atoms with van der Waals surface area (Å²) in [6, 6.07) is 6.38. The summed E-state index contributed by atoms with van der Waals surface area (Å²) in [5, 5.41) is 31.5. The molecule has 4 N–H and O–H groups in total. The van der Waals surface area contributed by atoms with Crippen LogP contribution >= 0.6 is 0 Å². The Balaban J connectivity index is 2.04. The third-order valence-electron chi connectivity index (χ3n) is 3.35. The van der Waals surface area contributed by atoms with Gasteiger partial charge >= 0.3 is 0 Å². The van der Waals surface area contributed by atoms with Crippen LogP contribution in [-0.2, 0) is 13.1 Å². The smallest absolute Gasteiger partial charge is 0.200 e. The van der Waals surface area contributed by atoms with Gasteiger partial charge in [0.15, 0.2) is 11.5 Å². The minimum absolute atomic E-state index is 0.195. The number of halogens is 1. The predicted octanol–water partition coefficient (Wildman–Crippen LogP) is 2.85. The zero-order valence-corrected chi connectivity index (χ0v) is 11.9. The molecule has 0 radical (unpaired) electrons. The highest BCUT2D eigenvalue weighted by atomic mass is 19.1. The van der Waals surface area contributed by atoms with Crippen LogP contribution < -0.4 is 5.32 Å². The van der Waals surface area contributed by atoms with Crippen LogP contribution in [0.1, 0.15) is 22.3 Å². The molecule has 0 saturated heterocycles. The molecule has 5 heteroatoms. The molecule has 0 aliphatic rings. The van der Waals surface area contributed by atoms with Crippen LogP contribution in [0.2, 0.25) is 0 Å². The summed E-state index contributed by atoms with van der Waals surface area (Å²) in [7, 11) is 0. The fraction of sp³-hybridized carbons (Fsp3) is 0.250. The molecule has 0 unspecified atom stereocenters. The summed E-state index contributed by atoms with van der Waals surface area (Å²) in [5.74, 6) is -1.42. The van der Waals surface area contributed by atoms with Crippen molar-refractivity contribution in [2.24, 2.45) is 0 Å². The molecule has 2 aromatic rings. The van der Waals surface area contributed by atoms with E-state index in [1.54, 1.807) is 26.0 Å². The van der Waals surface area contributed by atoms with Gasteiger partial charge in [0.2, 0.25) is 5.75 Å². The Morgan fingerprint density at radius 1 is 0.952 bits per heavy atom. The SMILES string of the molecule is Cc1cc(CNCc2ccc(O)c(O)c2O)cc(C)c1F. The number of hydrogen-bond donors (Lipinski definition) is 4. The van der Waals surface area contributed by atoms with Gasteiger partial charge < -0.3 is 20.6 Å². The van der Waals surface area contributed by atoms with E-state index in [9.17, 15) is 19.7 Å². The number of rotatable bonds is 4. The second-order valence-electron chi connectivity index (χ2n) is 5.09. The lowest BCUT2D eigenvalue weighted by Crippen LogP contribution is -2.13. The molecule has 4 nitrogen and oxygen atoms in total. The van der Waals surface area contributed by atoms with Gasteiger partial charge in [0.1, 0.15) is 5.82 Å². The lowest BCUT2D eigenvalue weighted by atomic mass is 10.1. The molecule has 2 rings (SSSR count). The minimum atomic E-state index is -0.525. The highest BCUT2D eigenvalue weighted by Crippen LogP contribution is 2.36. The Bertz CT molecular complexity index is 648. The van der Waals surface area contributed by atoms with E-state index >= 15 is 0 Å². The van der Waals surface area contributed by atoms with Crippen LogP contribution in [-0.4, -0.2) is 15.3 Å². The maximum atomic E-state index is 13.5. The van der Waals surface area contributed by atoms with Gasteiger partial charge in [-0.2, -0.15) is 0 Å². The van der Waals surface area contributed by atoms with Crippen molar-refractivity contribution in [3.8, 4) is 17.2 Å². The molecule has 0 aliphatic heterocycles. The van der Waals surface area contributed by atoms with Gasteiger partial charge in [0, 0.05) is 18.7 Å². The molecular formula is C16H18FNO3. The summed E-state index contributed by atoms with van der Waals surface area (Å²) in [6.07, 6.45) is 0. The van der Waals surface area contributed by atoms with Crippen molar-refractivity contribution in [3.63, 3.8) is 0 Å². The third-order valence-corrected chi connectivity index (χ3v) is 3.35. The van der Waals surface area contributed by atoms with Crippen molar-refractivity contribution in [1.29, 1.82) is 0 Å². The van der Waals surface area contributed by atoms with E-state index in [1.165, 1.54) is 12.1 Å². The van der Waals surface area contributed by atoms with Crippen molar-refractivity contribution >= 4 is 0 Å². The Hall–Kier alpha value is -2.27. The van der Waals surface area contributed by atoms with Gasteiger partial charge in [0.05, 0.1) is 0 Å². The van der Waals surface area contributed by atoms with Crippen LogP contribution in [0.4, 0.5) is 4.39 Å². The van der Waals surface area contributed by atoms with Crippen molar-refractivity contribution in [2.45, 2.75) is 26.9 Å². The fourth-order valence-corrected chi connectivity index (χ4v) is 2.23. The summed E-state index contributed by atoms with van der Waals surface area (Å²) < 4.78 is 13.5. The van der Waals surface area contributed by atoms with Crippen molar-refractivity contribution in [3.05, 3.63) is 52.3 Å². The number of nitrogens with one attached hydrogen (secondary N) is 1. The first-order valence-electron chi connectivity index (χ1n) is 6.59. The molecule has 2 aromatic carbocycles. The third kappa shape index (κ3) is 3.25. The first-order chi connectivity index (χ1) is 9.90. The minimum Gasteiger partial charge on any atom is -0.504 e. The van der Waals surface area contributed by atoms with E-state index in [-0.39, 0.29) is 17.3 Å². The van der Waals surface area contributed by atoms with E-state index in [4.69, 9.17) is 0 Å². The lowest BCUT2D eigenvalue weighted by molar-refractivity contribution is 0.364. The van der Waals surface area contributed by atoms with Crippen LogP contribution in [0.3, 0.4) is 0 Å². The largest absolute Gasteiger partial charge is 0.504 e. The molecule has 0 saturated carbocycles. The lowest BCUT2D eigenvalue weighted by Gasteiger charge is -2.10. The Morgan fingerprint density at radius 2 is 1.57 bits per heavy atom. The van der Waals surface area contributed by atoms with Gasteiger partial charge in [-0.15, -0.1) is 0 Å². The Labute approximate surface area is 122 Å². The fourth-order valence-electron chi connectivity index (χ4n) is 2.23. The summed E-state index contributed by atoms with van der Waals surface area (Å²) in [6.45, 7) is 4.25. The summed E-state index contributed by atoms with van der Waals surface area (Å²) in [5.41, 5.74) is 2.60. The number of benzene rings is 2. The number of phenols is 3. The van der Waals surface area contributed by atoms with Crippen molar-refractivity contribution in [2.75, 3.05) is 0 Å². The predicted molar refractivity (Wildman–Crippen MR) is 77.9 cm³/mol. The highest BCUT2D eigenvalue weighted by molar-refractivity contribution is 5.53. The number of hydrogen-bond acceptors (Lipinski definition) is 4. The van der Waals surface area contributed by atoms with Crippen LogP contribution in [0, 0.1) is 19.7 Å². The van der Waals surface area contributed by atoms with Crippen LogP contribution in [0.25, 0.3) is 0 Å². The van der Waals surface area contributed by atoms with E-state index in [0.717, 1.165) is 5.56 Å². The summed E-state index contributed by atoms with van der Waals surface area (Å²) >= 11 is 0. The Kier molecular flexibility index (Phi) is 4.33. The van der Waals surface area contributed by atoms with Crippen molar-refractivity contribution in [1.82, 2.24) is 5.32 Å². The molecule has 0 atom stereocenters. The van der Waals surface area contributed by atoms with E-state index in [2.05, 4.69) is 5.32 Å². The van der Waals surface area contributed by atoms with Gasteiger partial charge in [0.25, 0.3) is 0 Å². The standard InChI is InChI=1S/C16H18FNO3/c1-9-5-11(6-10(2)14(9)17)7-18-8-12-3-4-13(19)16(21)15(12)20/h3-6,18-21H,7-8H2,1-2H3. The first kappa shape index (κ1) is 15.1.